The summed E-state index contributed by atoms with van der Waals surface area (Å²) in [6.45, 7) is 7.78. The van der Waals surface area contributed by atoms with E-state index in [1.54, 1.807) is 23.1 Å². The second kappa shape index (κ2) is 13.5. The van der Waals surface area contributed by atoms with E-state index in [-0.39, 0.29) is 55.0 Å². The molecule has 2 aromatic carbocycles. The summed E-state index contributed by atoms with van der Waals surface area (Å²) in [7, 11) is 0. The Balaban J connectivity index is 0.00000484. The third kappa shape index (κ3) is 8.87. The van der Waals surface area contributed by atoms with Crippen LogP contribution in [0.4, 0.5) is 35.3 Å². The van der Waals surface area contributed by atoms with Crippen LogP contribution in [0.2, 0.25) is 0 Å². The number of hydrogen-bond donors (Lipinski definition) is 1. The zero-order chi connectivity index (χ0) is 29.8. The molecule has 0 spiro atoms. The van der Waals surface area contributed by atoms with Gasteiger partial charge in [0.1, 0.15) is 5.60 Å². The number of amides is 1. The van der Waals surface area contributed by atoms with Crippen molar-refractivity contribution < 1.29 is 51.5 Å². The first-order valence-electron chi connectivity index (χ1n) is 13.1. The molecule has 1 N–H and O–H groups in total. The first-order valence-corrected chi connectivity index (χ1v) is 13.1. The van der Waals surface area contributed by atoms with Gasteiger partial charge >= 0.3 is 31.1 Å². The van der Waals surface area contributed by atoms with E-state index < -0.39 is 23.3 Å². The number of aromatic carboxylic acids is 1. The summed E-state index contributed by atoms with van der Waals surface area (Å²) < 4.78 is 46.4. The number of carbonyl (C=O) groups excluding carboxylic acids is 2. The standard InChI is InChI=1S/C29H32F3N5O4.Li/c1-28(2,3)41-27(40)37-15-13-36(14-16-37)22-10-8-21(9-11-22)34-26-33-18-23(29(30,31)32)24(35-26)12-7-19-5-4-6-20(17-19)25(38)39;/h4-6,8-11,17-18H,7,12-16H2,1-3H3,(H,38,39)(H,33,34,35);/q;+1/p-1. The van der Waals surface area contributed by atoms with Gasteiger partial charge in [0.2, 0.25) is 5.95 Å². The Morgan fingerprint density at radius 3 is 2.26 bits per heavy atom. The number of alkyl halides is 3. The molecule has 1 aliphatic rings. The maximum absolute atomic E-state index is 13.6. The van der Waals surface area contributed by atoms with Crippen molar-refractivity contribution in [2.24, 2.45) is 0 Å². The zero-order valence-corrected chi connectivity index (χ0v) is 24.0. The van der Waals surface area contributed by atoms with Crippen molar-refractivity contribution in [3.05, 3.63) is 77.1 Å². The summed E-state index contributed by atoms with van der Waals surface area (Å²) in [4.78, 5) is 35.2. The quantitative estimate of drug-likeness (QED) is 0.421. The average molecular weight is 578 g/mol. The van der Waals surface area contributed by atoms with E-state index in [1.807, 2.05) is 32.9 Å². The van der Waals surface area contributed by atoms with Crippen molar-refractivity contribution in [1.29, 1.82) is 0 Å². The molecule has 1 saturated heterocycles. The Morgan fingerprint density at radius 2 is 1.67 bits per heavy atom. The second-order valence-corrected chi connectivity index (χ2v) is 10.7. The summed E-state index contributed by atoms with van der Waals surface area (Å²) >= 11 is 0. The third-order valence-corrected chi connectivity index (χ3v) is 6.41. The van der Waals surface area contributed by atoms with Gasteiger partial charge in [0.15, 0.2) is 0 Å². The van der Waals surface area contributed by atoms with Crippen LogP contribution in [0, 0.1) is 0 Å². The number of halogens is 3. The van der Waals surface area contributed by atoms with Crippen LogP contribution in [0.1, 0.15) is 48.0 Å². The third-order valence-electron chi connectivity index (χ3n) is 6.41. The van der Waals surface area contributed by atoms with Crippen molar-refractivity contribution in [2.45, 2.75) is 45.4 Å². The topological polar surface area (TPSA) is 111 Å². The molecule has 0 aliphatic carbocycles. The number of benzene rings is 2. The summed E-state index contributed by atoms with van der Waals surface area (Å²) in [6, 6.07) is 13.2. The first kappa shape index (κ1) is 32.8. The van der Waals surface area contributed by atoms with Crippen LogP contribution in [0.15, 0.2) is 54.7 Å². The number of aromatic nitrogens is 2. The van der Waals surface area contributed by atoms with Crippen molar-refractivity contribution in [2.75, 3.05) is 36.4 Å². The van der Waals surface area contributed by atoms with E-state index in [2.05, 4.69) is 20.2 Å². The largest absolute Gasteiger partial charge is 1.00 e. The van der Waals surface area contributed by atoms with Gasteiger partial charge in [-0.05, 0) is 75.1 Å². The number of aryl methyl sites for hydroxylation is 2. The van der Waals surface area contributed by atoms with Gasteiger partial charge in [-0.25, -0.2) is 14.8 Å². The fourth-order valence-electron chi connectivity index (χ4n) is 4.38. The molecule has 0 saturated carbocycles. The smallest absolute Gasteiger partial charge is 0.545 e. The number of carboxylic acid groups (broad SMARTS) is 1. The van der Waals surface area contributed by atoms with E-state index in [0.717, 1.165) is 11.9 Å². The molecule has 218 valence electrons. The molecule has 3 aromatic rings. The summed E-state index contributed by atoms with van der Waals surface area (Å²) in [6.07, 6.45) is -4.15. The van der Waals surface area contributed by atoms with E-state index in [4.69, 9.17) is 4.74 Å². The predicted molar refractivity (Wildman–Crippen MR) is 145 cm³/mol. The van der Waals surface area contributed by atoms with Crippen LogP contribution >= 0.6 is 0 Å². The monoisotopic (exact) mass is 577 g/mol. The van der Waals surface area contributed by atoms with Gasteiger partial charge in [0.05, 0.1) is 17.2 Å². The molecule has 0 bridgehead atoms. The van der Waals surface area contributed by atoms with Crippen LogP contribution in [-0.4, -0.2) is 58.7 Å². The van der Waals surface area contributed by atoms with E-state index in [0.29, 0.717) is 37.4 Å². The Labute approximate surface area is 254 Å². The molecule has 4 rings (SSSR count). The number of ether oxygens (including phenoxy) is 1. The number of piperazine rings is 1. The van der Waals surface area contributed by atoms with Gasteiger partial charge in [0.25, 0.3) is 0 Å². The zero-order valence-electron chi connectivity index (χ0n) is 24.0. The molecule has 1 aromatic heterocycles. The molecule has 2 heterocycles. The molecule has 9 nitrogen and oxygen atoms in total. The van der Waals surface area contributed by atoms with E-state index >= 15 is 0 Å². The average Bonchev–Trinajstić information content (AvgIpc) is 2.91. The fourth-order valence-corrected chi connectivity index (χ4v) is 4.38. The maximum Gasteiger partial charge on any atom is 1.00 e. The van der Waals surface area contributed by atoms with Crippen LogP contribution in [0.3, 0.4) is 0 Å². The Hall–Kier alpha value is -3.75. The van der Waals surface area contributed by atoms with Crippen molar-refractivity contribution in [1.82, 2.24) is 14.9 Å². The first-order chi connectivity index (χ1) is 19.3. The summed E-state index contributed by atoms with van der Waals surface area (Å²) in [5, 5.41) is 14.1. The van der Waals surface area contributed by atoms with Crippen LogP contribution < -0.4 is 34.2 Å². The number of carboxylic acids is 1. The molecule has 1 fully saturated rings. The van der Waals surface area contributed by atoms with Gasteiger partial charge < -0.3 is 29.8 Å². The molecule has 0 radical (unpaired) electrons. The van der Waals surface area contributed by atoms with Crippen molar-refractivity contribution >= 4 is 29.4 Å². The minimum atomic E-state index is -4.64. The van der Waals surface area contributed by atoms with Crippen molar-refractivity contribution in [3.8, 4) is 0 Å². The molecular formula is C29H31F3LiN5O4. The molecule has 13 heteroatoms. The van der Waals surface area contributed by atoms with E-state index in [9.17, 15) is 27.9 Å². The number of hydrogen-bond acceptors (Lipinski definition) is 8. The van der Waals surface area contributed by atoms with E-state index in [1.165, 1.54) is 18.2 Å². The molecular weight excluding hydrogens is 546 g/mol. The van der Waals surface area contributed by atoms with Crippen LogP contribution in [-0.2, 0) is 23.8 Å². The Morgan fingerprint density at radius 1 is 1.00 bits per heavy atom. The number of carbonyl (C=O) groups is 2. The summed E-state index contributed by atoms with van der Waals surface area (Å²) in [5.41, 5.74) is 0.335. The van der Waals surface area contributed by atoms with Gasteiger partial charge in [-0.1, -0.05) is 18.2 Å². The maximum atomic E-state index is 13.6. The minimum absolute atomic E-state index is 0. The minimum Gasteiger partial charge on any atom is -0.545 e. The number of rotatable bonds is 7. The van der Waals surface area contributed by atoms with Crippen LogP contribution in [0.25, 0.3) is 0 Å². The molecule has 0 unspecified atom stereocenters. The fraction of sp³-hybridized carbons (Fsp3) is 0.379. The van der Waals surface area contributed by atoms with Crippen molar-refractivity contribution in [3.63, 3.8) is 0 Å². The van der Waals surface area contributed by atoms with Gasteiger partial charge in [-0.15, -0.1) is 0 Å². The SMILES string of the molecule is CC(C)(C)OC(=O)N1CCN(c2ccc(Nc3ncc(C(F)(F)F)c(CCc4cccc(C(=O)[O-])c4)n3)cc2)CC1.[Li+]. The van der Waals surface area contributed by atoms with Crippen LogP contribution in [0.5, 0.6) is 0 Å². The molecule has 1 aliphatic heterocycles. The normalized spacial score (nSPS) is 13.8. The second-order valence-electron chi connectivity index (χ2n) is 10.7. The summed E-state index contributed by atoms with van der Waals surface area (Å²) in [5.74, 6) is -1.35. The van der Waals surface area contributed by atoms with Gasteiger partial charge in [-0.3, -0.25) is 0 Å². The predicted octanol–water partition coefficient (Wildman–Crippen LogP) is 1.45. The molecule has 0 atom stereocenters. The number of anilines is 3. The van der Waals surface area contributed by atoms with Gasteiger partial charge in [0, 0.05) is 43.8 Å². The van der Waals surface area contributed by atoms with Gasteiger partial charge in [-0.2, -0.15) is 13.2 Å². The Bertz CT molecular complexity index is 1390. The molecule has 42 heavy (non-hydrogen) atoms. The number of nitrogens with zero attached hydrogens (tertiary/aromatic N) is 4. The Kier molecular flexibility index (Phi) is 10.5. The molecule has 1 amide bonds. The number of nitrogens with one attached hydrogen (secondary N) is 1.